The first-order valence-corrected chi connectivity index (χ1v) is 10.0. The van der Waals surface area contributed by atoms with Gasteiger partial charge in [0.15, 0.2) is 23.0 Å². The fourth-order valence-corrected chi connectivity index (χ4v) is 4.38. The number of hydrogen-bond donors (Lipinski definition) is 0. The zero-order valence-electron chi connectivity index (χ0n) is 16.2. The zero-order chi connectivity index (χ0) is 20.1. The van der Waals surface area contributed by atoms with Gasteiger partial charge in [-0.2, -0.15) is 0 Å². The molecule has 0 radical (unpaired) electrons. The van der Waals surface area contributed by atoms with Crippen molar-refractivity contribution < 1.29 is 23.7 Å². The number of amides is 1. The van der Waals surface area contributed by atoms with E-state index in [0.717, 1.165) is 29.3 Å². The molecule has 6 rings (SSSR count). The summed E-state index contributed by atoms with van der Waals surface area (Å²) >= 11 is 0. The van der Waals surface area contributed by atoms with Gasteiger partial charge in [-0.15, -0.1) is 0 Å². The van der Waals surface area contributed by atoms with Gasteiger partial charge in [-0.1, -0.05) is 6.07 Å². The summed E-state index contributed by atoms with van der Waals surface area (Å²) in [6.07, 6.45) is 2.06. The molecule has 2 aromatic carbocycles. The number of rotatable bonds is 2. The average Bonchev–Trinajstić information content (AvgIpc) is 3.46. The first-order valence-electron chi connectivity index (χ1n) is 10.0. The maximum atomic E-state index is 13.6. The van der Waals surface area contributed by atoms with Crippen LogP contribution in [0.1, 0.15) is 27.7 Å². The second kappa shape index (κ2) is 6.73. The Balaban J connectivity index is 1.41. The van der Waals surface area contributed by atoms with Gasteiger partial charge in [-0.25, -0.2) is 0 Å². The van der Waals surface area contributed by atoms with Gasteiger partial charge in [0.05, 0.1) is 6.04 Å². The van der Waals surface area contributed by atoms with Gasteiger partial charge >= 0.3 is 0 Å². The quantitative estimate of drug-likeness (QED) is 0.656. The van der Waals surface area contributed by atoms with Crippen LogP contribution in [-0.2, 0) is 6.54 Å². The Labute approximate surface area is 173 Å². The summed E-state index contributed by atoms with van der Waals surface area (Å²) in [5.74, 6) is 2.70. The predicted molar refractivity (Wildman–Crippen MR) is 107 cm³/mol. The van der Waals surface area contributed by atoms with E-state index in [4.69, 9.17) is 18.9 Å². The molecule has 7 nitrogen and oxygen atoms in total. The largest absolute Gasteiger partial charge is 0.486 e. The minimum absolute atomic E-state index is 0.0411. The van der Waals surface area contributed by atoms with Crippen LogP contribution >= 0.6 is 0 Å². The lowest BCUT2D eigenvalue weighted by Gasteiger charge is -2.37. The Kier molecular flexibility index (Phi) is 3.87. The highest BCUT2D eigenvalue weighted by Crippen LogP contribution is 2.39. The summed E-state index contributed by atoms with van der Waals surface area (Å²) in [6, 6.07) is 15.2. The number of fused-ring (bicyclic) bond motifs is 3. The lowest BCUT2D eigenvalue weighted by molar-refractivity contribution is 0.0663. The van der Waals surface area contributed by atoms with Crippen molar-refractivity contribution in [1.82, 2.24) is 9.47 Å². The third-order valence-corrected chi connectivity index (χ3v) is 5.80. The number of ether oxygens (including phenoxy) is 4. The molecule has 0 bridgehead atoms. The van der Waals surface area contributed by atoms with E-state index in [-0.39, 0.29) is 18.7 Å². The van der Waals surface area contributed by atoms with Crippen LogP contribution < -0.4 is 18.9 Å². The van der Waals surface area contributed by atoms with Gasteiger partial charge in [0.25, 0.3) is 5.91 Å². The van der Waals surface area contributed by atoms with Crippen LogP contribution in [-0.4, -0.2) is 41.9 Å². The molecule has 0 fully saturated rings. The van der Waals surface area contributed by atoms with Crippen LogP contribution in [0.5, 0.6) is 23.0 Å². The van der Waals surface area contributed by atoms with E-state index in [0.29, 0.717) is 36.8 Å². The lowest BCUT2D eigenvalue weighted by atomic mass is 9.98. The maximum Gasteiger partial charge on any atom is 0.254 e. The number of carbonyl (C=O) groups excluding carboxylic acids is 1. The third kappa shape index (κ3) is 2.69. The summed E-state index contributed by atoms with van der Waals surface area (Å²) in [4.78, 5) is 15.5. The third-order valence-electron chi connectivity index (χ3n) is 5.80. The van der Waals surface area contributed by atoms with Crippen molar-refractivity contribution in [3.8, 4) is 23.0 Å². The monoisotopic (exact) mass is 404 g/mol. The van der Waals surface area contributed by atoms with Crippen molar-refractivity contribution in [2.75, 3.05) is 26.6 Å². The molecular formula is C23H20N2O5. The van der Waals surface area contributed by atoms with Gasteiger partial charge < -0.3 is 28.4 Å². The molecule has 0 aliphatic carbocycles. The first-order chi connectivity index (χ1) is 14.8. The Morgan fingerprint density at radius 3 is 2.53 bits per heavy atom. The average molecular weight is 404 g/mol. The molecule has 3 aliphatic rings. The molecule has 0 N–H and O–H groups in total. The van der Waals surface area contributed by atoms with E-state index >= 15 is 0 Å². The summed E-state index contributed by atoms with van der Waals surface area (Å²) in [7, 11) is 0. The van der Waals surface area contributed by atoms with Crippen molar-refractivity contribution >= 4 is 5.91 Å². The topological polar surface area (TPSA) is 62.2 Å². The predicted octanol–water partition coefficient (Wildman–Crippen LogP) is 3.23. The number of nitrogens with zero attached hydrogens (tertiary/aromatic N) is 2. The normalized spacial score (nSPS) is 18.8. The molecule has 1 aromatic heterocycles. The Morgan fingerprint density at radius 1 is 0.833 bits per heavy atom. The molecule has 0 unspecified atom stereocenters. The van der Waals surface area contributed by atoms with E-state index in [1.807, 2.05) is 29.2 Å². The van der Waals surface area contributed by atoms with Gasteiger partial charge in [-0.3, -0.25) is 4.79 Å². The molecule has 0 saturated heterocycles. The molecule has 0 saturated carbocycles. The van der Waals surface area contributed by atoms with Crippen LogP contribution in [0.2, 0.25) is 0 Å². The van der Waals surface area contributed by atoms with Crippen molar-refractivity contribution in [3.05, 3.63) is 71.5 Å². The summed E-state index contributed by atoms with van der Waals surface area (Å²) in [5.41, 5.74) is 2.65. The van der Waals surface area contributed by atoms with Crippen LogP contribution in [0.25, 0.3) is 0 Å². The SMILES string of the molecule is O=C(c1ccc2c(c1)OCO2)N1CCn2cccc2[C@H]1c1ccc2c(c1)OCCO2. The molecule has 1 atom stereocenters. The second-order valence-corrected chi connectivity index (χ2v) is 7.50. The highest BCUT2D eigenvalue weighted by atomic mass is 16.7. The molecule has 30 heavy (non-hydrogen) atoms. The summed E-state index contributed by atoms with van der Waals surface area (Å²) in [5, 5.41) is 0. The van der Waals surface area contributed by atoms with Crippen molar-refractivity contribution in [2.24, 2.45) is 0 Å². The van der Waals surface area contributed by atoms with E-state index < -0.39 is 0 Å². The summed E-state index contributed by atoms with van der Waals surface area (Å²) < 4.78 is 24.5. The van der Waals surface area contributed by atoms with Crippen molar-refractivity contribution in [3.63, 3.8) is 0 Å². The van der Waals surface area contributed by atoms with E-state index in [9.17, 15) is 4.79 Å². The Hall–Kier alpha value is -3.61. The molecule has 7 heteroatoms. The summed E-state index contributed by atoms with van der Waals surface area (Å²) in [6.45, 7) is 2.61. The highest BCUT2D eigenvalue weighted by Gasteiger charge is 2.34. The van der Waals surface area contributed by atoms with Gasteiger partial charge in [0.1, 0.15) is 13.2 Å². The number of benzene rings is 2. The molecule has 1 amide bonds. The second-order valence-electron chi connectivity index (χ2n) is 7.50. The molecule has 3 aliphatic heterocycles. The fourth-order valence-electron chi connectivity index (χ4n) is 4.38. The molecule has 3 aromatic rings. The number of carbonyl (C=O) groups is 1. The highest BCUT2D eigenvalue weighted by molar-refractivity contribution is 5.95. The van der Waals surface area contributed by atoms with Crippen LogP contribution in [0, 0.1) is 0 Å². The van der Waals surface area contributed by atoms with E-state index in [1.54, 1.807) is 18.2 Å². The van der Waals surface area contributed by atoms with Gasteiger partial charge in [0, 0.05) is 30.5 Å². The minimum Gasteiger partial charge on any atom is -0.486 e. The van der Waals surface area contributed by atoms with Crippen LogP contribution in [0.3, 0.4) is 0 Å². The number of hydrogen-bond acceptors (Lipinski definition) is 5. The van der Waals surface area contributed by atoms with Crippen molar-refractivity contribution in [1.29, 1.82) is 0 Å². The van der Waals surface area contributed by atoms with E-state index in [1.165, 1.54) is 0 Å². The van der Waals surface area contributed by atoms with Crippen molar-refractivity contribution in [2.45, 2.75) is 12.6 Å². The Bertz CT molecular complexity index is 1140. The lowest BCUT2D eigenvalue weighted by Crippen LogP contribution is -2.42. The number of aromatic nitrogens is 1. The van der Waals surface area contributed by atoms with Crippen LogP contribution in [0.4, 0.5) is 0 Å². The van der Waals surface area contributed by atoms with E-state index in [2.05, 4.69) is 16.8 Å². The van der Waals surface area contributed by atoms with Gasteiger partial charge in [0.2, 0.25) is 6.79 Å². The fraction of sp³-hybridized carbons (Fsp3) is 0.261. The zero-order valence-corrected chi connectivity index (χ0v) is 16.2. The molecular weight excluding hydrogens is 384 g/mol. The Morgan fingerprint density at radius 2 is 1.60 bits per heavy atom. The van der Waals surface area contributed by atoms with Gasteiger partial charge in [-0.05, 0) is 48.0 Å². The molecule has 152 valence electrons. The standard InChI is InChI=1S/C23H20N2O5/c26-23(16-4-6-19-21(13-16)30-14-29-19)25-9-8-24-7-1-2-17(24)22(25)15-3-5-18-20(12-15)28-11-10-27-18/h1-7,12-13,22H,8-11,14H2/t22-/m1/s1. The first kappa shape index (κ1) is 17.3. The maximum absolute atomic E-state index is 13.6. The minimum atomic E-state index is -0.220. The molecule has 0 spiro atoms. The molecule has 4 heterocycles. The van der Waals surface area contributed by atoms with Crippen LogP contribution in [0.15, 0.2) is 54.7 Å². The smallest absolute Gasteiger partial charge is 0.254 e.